The van der Waals surface area contributed by atoms with E-state index >= 15 is 0 Å². The molecule has 0 aromatic carbocycles. The van der Waals surface area contributed by atoms with E-state index in [1.807, 2.05) is 18.4 Å². The Morgan fingerprint density at radius 1 is 1.37 bits per heavy atom. The molecule has 0 atom stereocenters. The first-order valence-electron chi connectivity index (χ1n) is 5.89. The van der Waals surface area contributed by atoms with Gasteiger partial charge in [0.15, 0.2) is 0 Å². The maximum atomic E-state index is 11.9. The first kappa shape index (κ1) is 13.7. The topological polar surface area (TPSA) is 76.9 Å². The molecule has 0 aliphatic carbocycles. The molecule has 2 heterocycles. The molecule has 0 aliphatic rings. The zero-order valence-electron chi connectivity index (χ0n) is 10.9. The van der Waals surface area contributed by atoms with Gasteiger partial charge in [-0.15, -0.1) is 0 Å². The number of hydrogen-bond donors (Lipinski definition) is 1. The van der Waals surface area contributed by atoms with Crippen LogP contribution in [-0.2, 0) is 16.6 Å². The van der Waals surface area contributed by atoms with Crippen LogP contribution in [0.3, 0.4) is 0 Å². The van der Waals surface area contributed by atoms with Crippen LogP contribution in [0.2, 0.25) is 0 Å². The third-order valence-corrected chi connectivity index (χ3v) is 4.38. The van der Waals surface area contributed by atoms with E-state index < -0.39 is 10.0 Å². The lowest BCUT2D eigenvalue weighted by Gasteiger charge is -2.08. The van der Waals surface area contributed by atoms with Crippen LogP contribution in [0.15, 0.2) is 35.7 Å². The average molecular weight is 280 g/mol. The minimum atomic E-state index is -3.48. The monoisotopic (exact) mass is 280 g/mol. The lowest BCUT2D eigenvalue weighted by Crippen LogP contribution is -2.27. The molecule has 0 fully saturated rings. The van der Waals surface area contributed by atoms with E-state index in [9.17, 15) is 8.42 Å². The van der Waals surface area contributed by atoms with Crippen LogP contribution < -0.4 is 4.72 Å². The first-order valence-corrected chi connectivity index (χ1v) is 7.37. The van der Waals surface area contributed by atoms with Gasteiger partial charge in [-0.05, 0) is 26.0 Å². The quantitative estimate of drug-likeness (QED) is 0.881. The molecule has 0 aliphatic heterocycles. The second kappa shape index (κ2) is 5.50. The maximum absolute atomic E-state index is 11.9. The molecule has 6 nitrogen and oxygen atoms in total. The normalized spacial score (nSPS) is 11.7. The Bertz CT molecular complexity index is 650. The molecule has 0 saturated carbocycles. The lowest BCUT2D eigenvalue weighted by atomic mass is 10.4. The first-order chi connectivity index (χ1) is 9.00. The van der Waals surface area contributed by atoms with Crippen molar-refractivity contribution in [1.82, 2.24) is 19.3 Å². The van der Waals surface area contributed by atoms with Gasteiger partial charge in [0, 0.05) is 31.2 Å². The molecule has 0 saturated heterocycles. The molecule has 0 amide bonds. The molecule has 2 aromatic heterocycles. The summed E-state index contributed by atoms with van der Waals surface area (Å²) in [4.78, 5) is 8.14. The SMILES string of the molecule is Cc1ncn(CCNS(=O)(=O)c2cccnc2)c1C. The number of nitrogens with one attached hydrogen (secondary N) is 1. The summed E-state index contributed by atoms with van der Waals surface area (Å²) < 4.78 is 28.3. The van der Waals surface area contributed by atoms with E-state index in [-0.39, 0.29) is 4.90 Å². The van der Waals surface area contributed by atoms with Crippen molar-refractivity contribution in [1.29, 1.82) is 0 Å². The predicted molar refractivity (Wildman–Crippen MR) is 71.1 cm³/mol. The minimum Gasteiger partial charge on any atom is -0.333 e. The minimum absolute atomic E-state index is 0.175. The van der Waals surface area contributed by atoms with E-state index in [1.54, 1.807) is 12.4 Å². The number of nitrogens with zero attached hydrogens (tertiary/aromatic N) is 3. The van der Waals surface area contributed by atoms with E-state index in [4.69, 9.17) is 0 Å². The Balaban J connectivity index is 1.98. The summed E-state index contributed by atoms with van der Waals surface area (Å²) in [6.45, 7) is 4.74. The Hall–Kier alpha value is -1.73. The fourth-order valence-electron chi connectivity index (χ4n) is 1.66. The van der Waals surface area contributed by atoms with Crippen LogP contribution in [0.25, 0.3) is 0 Å². The smallest absolute Gasteiger partial charge is 0.242 e. The zero-order valence-corrected chi connectivity index (χ0v) is 11.7. The van der Waals surface area contributed by atoms with Crippen molar-refractivity contribution in [2.75, 3.05) is 6.54 Å². The predicted octanol–water partition coefficient (Wildman–Crippen LogP) is 0.873. The molecule has 1 N–H and O–H groups in total. The van der Waals surface area contributed by atoms with E-state index in [2.05, 4.69) is 14.7 Å². The van der Waals surface area contributed by atoms with E-state index in [0.29, 0.717) is 13.1 Å². The Morgan fingerprint density at radius 2 is 2.16 bits per heavy atom. The van der Waals surface area contributed by atoms with Gasteiger partial charge in [0.2, 0.25) is 10.0 Å². The number of imidazole rings is 1. The molecule has 0 unspecified atom stereocenters. The van der Waals surface area contributed by atoms with Crippen LogP contribution in [-0.4, -0.2) is 29.5 Å². The van der Waals surface area contributed by atoms with Crippen molar-refractivity contribution in [3.05, 3.63) is 42.2 Å². The van der Waals surface area contributed by atoms with Crippen molar-refractivity contribution in [3.8, 4) is 0 Å². The van der Waals surface area contributed by atoms with Gasteiger partial charge >= 0.3 is 0 Å². The number of pyridine rings is 1. The van der Waals surface area contributed by atoms with Crippen molar-refractivity contribution in [3.63, 3.8) is 0 Å². The van der Waals surface area contributed by atoms with Crippen LogP contribution in [0.4, 0.5) is 0 Å². The number of aryl methyl sites for hydroxylation is 1. The molecule has 0 bridgehead atoms. The highest BCUT2D eigenvalue weighted by Gasteiger charge is 2.13. The summed E-state index contributed by atoms with van der Waals surface area (Å²) in [7, 11) is -3.48. The van der Waals surface area contributed by atoms with Crippen LogP contribution in [0.5, 0.6) is 0 Å². The van der Waals surface area contributed by atoms with Gasteiger partial charge in [-0.1, -0.05) is 0 Å². The third kappa shape index (κ3) is 3.18. The van der Waals surface area contributed by atoms with E-state index in [1.165, 1.54) is 18.5 Å². The zero-order chi connectivity index (χ0) is 13.9. The Morgan fingerprint density at radius 3 is 2.74 bits per heavy atom. The van der Waals surface area contributed by atoms with Crippen molar-refractivity contribution < 1.29 is 8.42 Å². The van der Waals surface area contributed by atoms with Gasteiger partial charge < -0.3 is 4.57 Å². The summed E-state index contributed by atoms with van der Waals surface area (Å²) in [6.07, 6.45) is 4.58. The molecular formula is C12H16N4O2S. The second-order valence-corrected chi connectivity index (χ2v) is 5.96. The van der Waals surface area contributed by atoms with Gasteiger partial charge in [-0.25, -0.2) is 18.1 Å². The summed E-state index contributed by atoms with van der Waals surface area (Å²) in [5.41, 5.74) is 2.00. The number of sulfonamides is 1. The largest absolute Gasteiger partial charge is 0.333 e. The molecule has 19 heavy (non-hydrogen) atoms. The number of rotatable bonds is 5. The van der Waals surface area contributed by atoms with Gasteiger partial charge in [-0.3, -0.25) is 4.98 Å². The summed E-state index contributed by atoms with van der Waals surface area (Å²) >= 11 is 0. The third-order valence-electron chi connectivity index (χ3n) is 2.93. The molecule has 2 aromatic rings. The summed E-state index contributed by atoms with van der Waals surface area (Å²) in [5, 5.41) is 0. The lowest BCUT2D eigenvalue weighted by molar-refractivity contribution is 0.571. The molecule has 0 spiro atoms. The maximum Gasteiger partial charge on any atom is 0.242 e. The molecule has 7 heteroatoms. The van der Waals surface area contributed by atoms with Crippen molar-refractivity contribution >= 4 is 10.0 Å². The molecular weight excluding hydrogens is 264 g/mol. The van der Waals surface area contributed by atoms with Crippen molar-refractivity contribution in [2.24, 2.45) is 0 Å². The van der Waals surface area contributed by atoms with Crippen LogP contribution in [0.1, 0.15) is 11.4 Å². The van der Waals surface area contributed by atoms with Crippen molar-refractivity contribution in [2.45, 2.75) is 25.3 Å². The fourth-order valence-corrected chi connectivity index (χ4v) is 2.64. The highest BCUT2D eigenvalue weighted by atomic mass is 32.2. The van der Waals surface area contributed by atoms with Gasteiger partial charge in [0.25, 0.3) is 0 Å². The molecule has 102 valence electrons. The second-order valence-electron chi connectivity index (χ2n) is 4.20. The fraction of sp³-hybridized carbons (Fsp3) is 0.333. The molecule has 0 radical (unpaired) electrons. The molecule has 2 rings (SSSR count). The average Bonchev–Trinajstić information content (AvgIpc) is 2.72. The van der Waals surface area contributed by atoms with Crippen LogP contribution in [0, 0.1) is 13.8 Å². The van der Waals surface area contributed by atoms with Gasteiger partial charge in [-0.2, -0.15) is 0 Å². The van der Waals surface area contributed by atoms with Crippen LogP contribution >= 0.6 is 0 Å². The van der Waals surface area contributed by atoms with E-state index in [0.717, 1.165) is 11.4 Å². The van der Waals surface area contributed by atoms with Gasteiger partial charge in [0.05, 0.1) is 12.0 Å². The highest BCUT2D eigenvalue weighted by Crippen LogP contribution is 2.06. The number of aromatic nitrogens is 3. The Kier molecular flexibility index (Phi) is 3.96. The standard InChI is InChI=1S/C12H16N4O2S/c1-10-11(2)16(9-14-10)7-6-15-19(17,18)12-4-3-5-13-8-12/h3-5,8-9,15H,6-7H2,1-2H3. The van der Waals surface area contributed by atoms with Gasteiger partial charge in [0.1, 0.15) is 4.90 Å². The highest BCUT2D eigenvalue weighted by molar-refractivity contribution is 7.89. The summed E-state index contributed by atoms with van der Waals surface area (Å²) in [5.74, 6) is 0. The summed E-state index contributed by atoms with van der Waals surface area (Å²) in [6, 6.07) is 3.11. The Labute approximate surface area is 112 Å². The number of hydrogen-bond acceptors (Lipinski definition) is 4.